The lowest BCUT2D eigenvalue weighted by molar-refractivity contribution is 0.0325. The molecule has 0 saturated heterocycles. The Hall–Kier alpha value is -1.96. The smallest absolute Gasteiger partial charge is 0.259 e. The maximum Gasteiger partial charge on any atom is 0.259 e. The molecule has 2 aromatic rings. The predicted octanol–water partition coefficient (Wildman–Crippen LogP) is 3.20. The molecular weight excluding hydrogens is 434 g/mol. The van der Waals surface area contributed by atoms with E-state index in [4.69, 9.17) is 4.74 Å². The molecule has 2 heterocycles. The quantitative estimate of drug-likeness (QED) is 0.715. The van der Waals surface area contributed by atoms with Crippen LogP contribution in [0, 0.1) is 5.92 Å². The fourth-order valence-corrected chi connectivity index (χ4v) is 3.89. The highest BCUT2D eigenvalue weighted by molar-refractivity contribution is 9.10. The van der Waals surface area contributed by atoms with Gasteiger partial charge in [-0.25, -0.2) is 4.98 Å². The molecule has 3 rings (SSSR count). The Balaban J connectivity index is 1.85. The van der Waals surface area contributed by atoms with Crippen molar-refractivity contribution in [2.24, 2.45) is 5.92 Å². The number of amides is 1. The van der Waals surface area contributed by atoms with E-state index in [9.17, 15) is 9.90 Å². The van der Waals surface area contributed by atoms with E-state index < -0.39 is 0 Å². The first-order chi connectivity index (χ1) is 13.9. The monoisotopic (exact) mass is 461 g/mol. The third kappa shape index (κ3) is 5.35. The Morgan fingerprint density at radius 3 is 2.79 bits per heavy atom. The van der Waals surface area contributed by atoms with Crippen LogP contribution in [0.2, 0.25) is 0 Å². The van der Waals surface area contributed by atoms with Gasteiger partial charge in [0, 0.05) is 36.2 Å². The number of pyridine rings is 1. The van der Waals surface area contributed by atoms with Gasteiger partial charge in [0.05, 0.1) is 12.6 Å². The van der Waals surface area contributed by atoms with Crippen molar-refractivity contribution in [3.05, 3.63) is 58.2 Å². The number of likely N-dealkylation sites (N-methyl/N-ethyl adjacent to an activating group) is 1. The van der Waals surface area contributed by atoms with Gasteiger partial charge in [0.1, 0.15) is 11.7 Å². The Labute approximate surface area is 180 Å². The van der Waals surface area contributed by atoms with Gasteiger partial charge < -0.3 is 14.7 Å². The van der Waals surface area contributed by atoms with Crippen LogP contribution in [0.15, 0.2) is 47.1 Å². The average Bonchev–Trinajstić information content (AvgIpc) is 2.71. The Kier molecular flexibility index (Phi) is 7.27. The molecule has 1 aliphatic heterocycles. The standard InChI is InChI=1S/C22H28BrN3O3/c1-15-11-26(16(2)14-27)22(28)19-9-18(23)10-24-21(19)29-20(15)13-25(3)12-17-7-5-4-6-8-17/h4-10,15-16,20,27H,11-14H2,1-3H3/t15-,16+,20+/m0/s1. The summed E-state index contributed by atoms with van der Waals surface area (Å²) in [5.41, 5.74) is 1.66. The average molecular weight is 462 g/mol. The first-order valence-corrected chi connectivity index (χ1v) is 10.6. The molecule has 7 heteroatoms. The summed E-state index contributed by atoms with van der Waals surface area (Å²) in [6.07, 6.45) is 1.50. The molecule has 1 aliphatic rings. The molecule has 0 unspecified atom stereocenters. The maximum absolute atomic E-state index is 13.1. The van der Waals surface area contributed by atoms with Crippen LogP contribution >= 0.6 is 15.9 Å². The number of hydrogen-bond acceptors (Lipinski definition) is 5. The number of rotatable bonds is 6. The van der Waals surface area contributed by atoms with E-state index in [1.807, 2.05) is 25.1 Å². The van der Waals surface area contributed by atoms with Gasteiger partial charge in [-0.3, -0.25) is 9.69 Å². The van der Waals surface area contributed by atoms with E-state index in [1.165, 1.54) is 5.56 Å². The lowest BCUT2D eigenvalue weighted by atomic mass is 10.00. The third-order valence-electron chi connectivity index (χ3n) is 5.27. The van der Waals surface area contributed by atoms with Gasteiger partial charge in [0.2, 0.25) is 5.88 Å². The van der Waals surface area contributed by atoms with Crippen LogP contribution in [0.3, 0.4) is 0 Å². The molecule has 3 atom stereocenters. The normalized spacial score (nSPS) is 20.6. The minimum Gasteiger partial charge on any atom is -0.472 e. The number of nitrogens with zero attached hydrogens (tertiary/aromatic N) is 3. The van der Waals surface area contributed by atoms with Crippen LogP contribution in [0.4, 0.5) is 0 Å². The van der Waals surface area contributed by atoms with Gasteiger partial charge in [-0.2, -0.15) is 0 Å². The molecule has 1 aromatic heterocycles. The second-order valence-electron chi connectivity index (χ2n) is 7.81. The minimum atomic E-state index is -0.280. The van der Waals surface area contributed by atoms with Gasteiger partial charge in [0.15, 0.2) is 0 Å². The molecule has 156 valence electrons. The Morgan fingerprint density at radius 2 is 2.10 bits per heavy atom. The number of carbonyl (C=O) groups is 1. The van der Waals surface area contributed by atoms with Crippen LogP contribution in [0.1, 0.15) is 29.8 Å². The number of hydrogen-bond donors (Lipinski definition) is 1. The summed E-state index contributed by atoms with van der Waals surface area (Å²) in [6.45, 7) is 5.86. The fourth-order valence-electron chi connectivity index (χ4n) is 3.56. The van der Waals surface area contributed by atoms with Crippen molar-refractivity contribution >= 4 is 21.8 Å². The van der Waals surface area contributed by atoms with Crippen molar-refractivity contribution in [3.8, 4) is 5.88 Å². The molecule has 0 saturated carbocycles. The van der Waals surface area contributed by atoms with Gasteiger partial charge in [0.25, 0.3) is 5.91 Å². The third-order valence-corrected chi connectivity index (χ3v) is 5.71. The van der Waals surface area contributed by atoms with Gasteiger partial charge in [-0.1, -0.05) is 37.3 Å². The van der Waals surface area contributed by atoms with Crippen molar-refractivity contribution < 1.29 is 14.6 Å². The van der Waals surface area contributed by atoms with E-state index in [0.717, 1.165) is 11.0 Å². The van der Waals surface area contributed by atoms with Gasteiger partial charge in [-0.15, -0.1) is 0 Å². The van der Waals surface area contributed by atoms with Gasteiger partial charge in [-0.05, 0) is 41.5 Å². The second kappa shape index (κ2) is 9.69. The number of fused-ring (bicyclic) bond motifs is 1. The van der Waals surface area contributed by atoms with E-state index in [2.05, 4.69) is 51.9 Å². The molecule has 29 heavy (non-hydrogen) atoms. The summed E-state index contributed by atoms with van der Waals surface area (Å²) in [7, 11) is 2.07. The van der Waals surface area contributed by atoms with Gasteiger partial charge >= 0.3 is 0 Å². The zero-order valence-electron chi connectivity index (χ0n) is 17.1. The van der Waals surface area contributed by atoms with Crippen LogP contribution in [0.25, 0.3) is 0 Å². The largest absolute Gasteiger partial charge is 0.472 e. The number of aliphatic hydroxyl groups excluding tert-OH is 1. The van der Waals surface area contributed by atoms with Crippen LogP contribution in [0.5, 0.6) is 5.88 Å². The lowest BCUT2D eigenvalue weighted by Gasteiger charge is -2.37. The van der Waals surface area contributed by atoms with Crippen molar-refractivity contribution in [1.29, 1.82) is 0 Å². The molecule has 0 aliphatic carbocycles. The molecular formula is C22H28BrN3O3. The van der Waals surface area contributed by atoms with Crippen molar-refractivity contribution in [2.45, 2.75) is 32.5 Å². The number of aromatic nitrogens is 1. The summed E-state index contributed by atoms with van der Waals surface area (Å²) >= 11 is 3.39. The lowest BCUT2D eigenvalue weighted by Crippen LogP contribution is -2.49. The van der Waals surface area contributed by atoms with E-state index in [1.54, 1.807) is 17.2 Å². The highest BCUT2D eigenvalue weighted by Crippen LogP contribution is 2.28. The van der Waals surface area contributed by atoms with Crippen molar-refractivity contribution in [2.75, 3.05) is 26.7 Å². The Bertz CT molecular complexity index is 833. The Morgan fingerprint density at radius 1 is 1.38 bits per heavy atom. The molecule has 1 N–H and O–H groups in total. The number of aliphatic hydroxyl groups is 1. The van der Waals surface area contributed by atoms with Crippen molar-refractivity contribution in [1.82, 2.24) is 14.8 Å². The molecule has 0 spiro atoms. The summed E-state index contributed by atoms with van der Waals surface area (Å²) in [5.74, 6) is 0.251. The van der Waals surface area contributed by atoms with Crippen molar-refractivity contribution in [3.63, 3.8) is 0 Å². The summed E-state index contributed by atoms with van der Waals surface area (Å²) in [4.78, 5) is 21.4. The highest BCUT2D eigenvalue weighted by atomic mass is 79.9. The minimum absolute atomic E-state index is 0.0739. The number of halogens is 1. The van der Waals surface area contributed by atoms with Crippen LogP contribution in [-0.4, -0.2) is 64.7 Å². The molecule has 1 amide bonds. The molecule has 1 aromatic carbocycles. The van der Waals surface area contributed by atoms with E-state index >= 15 is 0 Å². The molecule has 0 bridgehead atoms. The van der Waals surface area contributed by atoms with Crippen LogP contribution < -0.4 is 4.74 Å². The first kappa shape index (κ1) is 21.7. The SMILES string of the molecule is C[C@H](CO)N1C[C@H](C)[C@@H](CN(C)Cc2ccccc2)Oc2ncc(Br)cc2C1=O. The molecule has 0 radical (unpaired) electrons. The number of benzene rings is 1. The maximum atomic E-state index is 13.1. The number of ether oxygens (including phenoxy) is 1. The topological polar surface area (TPSA) is 65.9 Å². The van der Waals surface area contributed by atoms with Crippen LogP contribution in [-0.2, 0) is 6.54 Å². The fraction of sp³-hybridized carbons (Fsp3) is 0.455. The zero-order chi connectivity index (χ0) is 21.0. The summed E-state index contributed by atoms with van der Waals surface area (Å²) in [5, 5.41) is 9.67. The predicted molar refractivity (Wildman–Crippen MR) is 116 cm³/mol. The second-order valence-corrected chi connectivity index (χ2v) is 8.73. The first-order valence-electron chi connectivity index (χ1n) is 9.85. The summed E-state index contributed by atoms with van der Waals surface area (Å²) in [6, 6.07) is 11.8. The zero-order valence-corrected chi connectivity index (χ0v) is 18.7. The number of carbonyl (C=O) groups excluding carboxylic acids is 1. The molecule has 0 fully saturated rings. The summed E-state index contributed by atoms with van der Waals surface area (Å²) < 4.78 is 6.98. The molecule has 6 nitrogen and oxygen atoms in total. The van der Waals surface area contributed by atoms with E-state index in [0.29, 0.717) is 24.5 Å². The van der Waals surface area contributed by atoms with E-state index in [-0.39, 0.29) is 30.6 Å². The highest BCUT2D eigenvalue weighted by Gasteiger charge is 2.34.